The van der Waals surface area contributed by atoms with E-state index in [1.807, 2.05) is 60.4 Å². The van der Waals surface area contributed by atoms with Crippen molar-refractivity contribution in [2.24, 2.45) is 12.8 Å². The van der Waals surface area contributed by atoms with Gasteiger partial charge in [0.2, 0.25) is 0 Å². The number of hydrogen-bond acceptors (Lipinski definition) is 5. The van der Waals surface area contributed by atoms with Crippen molar-refractivity contribution in [3.63, 3.8) is 0 Å². The minimum absolute atomic E-state index is 0.230. The summed E-state index contributed by atoms with van der Waals surface area (Å²) in [7, 11) is 1.90. The van der Waals surface area contributed by atoms with Gasteiger partial charge in [0.15, 0.2) is 0 Å². The van der Waals surface area contributed by atoms with Crippen molar-refractivity contribution in [1.29, 1.82) is 0 Å². The third kappa shape index (κ3) is 2.79. The molecule has 0 radical (unpaired) electrons. The molecular formula is C22H18N6O. The SMILES string of the molecule is Cn1ncc(-c2ccc3c(=O)[nH]nc(CN)c3c2)c1-c1ccc2ccccc2n1. The van der Waals surface area contributed by atoms with Gasteiger partial charge in [-0.2, -0.15) is 10.2 Å². The van der Waals surface area contributed by atoms with Crippen molar-refractivity contribution >= 4 is 21.7 Å². The highest BCUT2D eigenvalue weighted by molar-refractivity contribution is 5.91. The molecule has 29 heavy (non-hydrogen) atoms. The summed E-state index contributed by atoms with van der Waals surface area (Å²) in [5.74, 6) is 0. The highest BCUT2D eigenvalue weighted by Crippen LogP contribution is 2.33. The van der Waals surface area contributed by atoms with Gasteiger partial charge in [-0.1, -0.05) is 30.3 Å². The Morgan fingerprint density at radius 3 is 2.79 bits per heavy atom. The third-order valence-electron chi connectivity index (χ3n) is 5.15. The molecule has 0 aliphatic rings. The maximum absolute atomic E-state index is 12.1. The van der Waals surface area contributed by atoms with E-state index in [0.29, 0.717) is 11.1 Å². The number of fused-ring (bicyclic) bond motifs is 2. The van der Waals surface area contributed by atoms with Crippen molar-refractivity contribution in [3.05, 3.63) is 76.8 Å². The molecule has 0 aliphatic carbocycles. The van der Waals surface area contributed by atoms with E-state index >= 15 is 0 Å². The van der Waals surface area contributed by atoms with Crippen molar-refractivity contribution in [1.82, 2.24) is 25.0 Å². The van der Waals surface area contributed by atoms with E-state index < -0.39 is 0 Å². The zero-order chi connectivity index (χ0) is 20.0. The standard InChI is InChI=1S/C22H18N6O/c1-28-21(19-9-7-13-4-2-3-5-18(13)25-19)17(12-24-28)14-6-8-15-16(10-14)20(11-23)26-27-22(15)29/h2-10,12H,11,23H2,1H3,(H,27,29). The maximum Gasteiger partial charge on any atom is 0.272 e. The summed E-state index contributed by atoms with van der Waals surface area (Å²) >= 11 is 0. The van der Waals surface area contributed by atoms with Crippen LogP contribution in [0.15, 0.2) is 65.6 Å². The van der Waals surface area contributed by atoms with Gasteiger partial charge in [0.25, 0.3) is 5.56 Å². The van der Waals surface area contributed by atoms with E-state index in [1.165, 1.54) is 0 Å². The highest BCUT2D eigenvalue weighted by Gasteiger charge is 2.16. The predicted octanol–water partition coefficient (Wildman–Crippen LogP) is 3.00. The number of nitrogens with two attached hydrogens (primary N) is 1. The van der Waals surface area contributed by atoms with Gasteiger partial charge in [0.1, 0.15) is 0 Å². The van der Waals surface area contributed by atoms with E-state index in [4.69, 9.17) is 10.7 Å². The van der Waals surface area contributed by atoms with E-state index in [9.17, 15) is 4.79 Å². The first-order valence-corrected chi connectivity index (χ1v) is 9.25. The molecule has 3 N–H and O–H groups in total. The number of nitrogens with zero attached hydrogens (tertiary/aromatic N) is 4. The van der Waals surface area contributed by atoms with Gasteiger partial charge in [-0.25, -0.2) is 10.1 Å². The lowest BCUT2D eigenvalue weighted by molar-refractivity contribution is 0.774. The second-order valence-electron chi connectivity index (χ2n) is 6.88. The zero-order valence-corrected chi connectivity index (χ0v) is 15.8. The van der Waals surface area contributed by atoms with Crippen LogP contribution in [-0.4, -0.2) is 25.0 Å². The lowest BCUT2D eigenvalue weighted by Crippen LogP contribution is -2.13. The van der Waals surface area contributed by atoms with Crippen LogP contribution in [0.5, 0.6) is 0 Å². The molecule has 0 atom stereocenters. The molecule has 142 valence electrons. The number of aromatic nitrogens is 5. The first-order valence-electron chi connectivity index (χ1n) is 9.25. The number of pyridine rings is 1. The van der Waals surface area contributed by atoms with E-state index in [-0.39, 0.29) is 12.1 Å². The molecule has 0 bridgehead atoms. The summed E-state index contributed by atoms with van der Waals surface area (Å²) in [5.41, 5.74) is 10.8. The van der Waals surface area contributed by atoms with Crippen LogP contribution in [0.1, 0.15) is 5.69 Å². The van der Waals surface area contributed by atoms with Gasteiger partial charge in [0.05, 0.1) is 34.2 Å². The van der Waals surface area contributed by atoms with Gasteiger partial charge in [-0.3, -0.25) is 9.48 Å². The second kappa shape index (κ2) is 6.65. The fourth-order valence-electron chi connectivity index (χ4n) is 3.69. The third-order valence-corrected chi connectivity index (χ3v) is 5.15. The summed E-state index contributed by atoms with van der Waals surface area (Å²) in [6, 6.07) is 17.7. The molecule has 0 saturated heterocycles. The number of rotatable bonds is 3. The number of H-pyrrole nitrogens is 1. The van der Waals surface area contributed by atoms with Crippen LogP contribution in [0, 0.1) is 0 Å². The molecular weight excluding hydrogens is 364 g/mol. The van der Waals surface area contributed by atoms with Crippen LogP contribution in [0.3, 0.4) is 0 Å². The molecule has 5 rings (SSSR count). The molecule has 0 fully saturated rings. The zero-order valence-electron chi connectivity index (χ0n) is 15.8. The Bertz CT molecular complexity index is 1430. The topological polar surface area (TPSA) is 102 Å². The lowest BCUT2D eigenvalue weighted by Gasteiger charge is -2.09. The fraction of sp³-hybridized carbons (Fsp3) is 0.0909. The molecule has 3 aromatic heterocycles. The van der Waals surface area contributed by atoms with Crippen LogP contribution in [0.25, 0.3) is 44.2 Å². The van der Waals surface area contributed by atoms with Gasteiger partial charge >= 0.3 is 0 Å². The van der Waals surface area contributed by atoms with Crippen molar-refractivity contribution in [2.75, 3.05) is 0 Å². The maximum atomic E-state index is 12.1. The Balaban J connectivity index is 1.73. The Morgan fingerprint density at radius 2 is 1.93 bits per heavy atom. The predicted molar refractivity (Wildman–Crippen MR) is 113 cm³/mol. The molecule has 7 heteroatoms. The Labute approximate surface area is 165 Å². The molecule has 0 aliphatic heterocycles. The number of aromatic amines is 1. The van der Waals surface area contributed by atoms with Crippen LogP contribution in [0.4, 0.5) is 0 Å². The first-order chi connectivity index (χ1) is 14.2. The van der Waals surface area contributed by atoms with E-state index in [2.05, 4.69) is 21.4 Å². The van der Waals surface area contributed by atoms with Crippen LogP contribution >= 0.6 is 0 Å². The molecule has 7 nitrogen and oxygen atoms in total. The Morgan fingerprint density at radius 1 is 1.07 bits per heavy atom. The smallest absolute Gasteiger partial charge is 0.272 e. The fourth-order valence-corrected chi connectivity index (χ4v) is 3.69. The van der Waals surface area contributed by atoms with Crippen LogP contribution in [0.2, 0.25) is 0 Å². The van der Waals surface area contributed by atoms with Gasteiger partial charge in [-0.15, -0.1) is 0 Å². The van der Waals surface area contributed by atoms with Crippen LogP contribution < -0.4 is 11.3 Å². The van der Waals surface area contributed by atoms with Gasteiger partial charge in [-0.05, 0) is 29.8 Å². The monoisotopic (exact) mass is 382 g/mol. The molecule has 2 aromatic carbocycles. The van der Waals surface area contributed by atoms with Crippen LogP contribution in [-0.2, 0) is 13.6 Å². The number of hydrogen-bond donors (Lipinski definition) is 2. The quantitative estimate of drug-likeness (QED) is 0.499. The molecule has 0 spiro atoms. The highest BCUT2D eigenvalue weighted by atomic mass is 16.1. The van der Waals surface area contributed by atoms with Crippen molar-refractivity contribution < 1.29 is 0 Å². The van der Waals surface area contributed by atoms with Crippen molar-refractivity contribution in [3.8, 4) is 22.5 Å². The number of aryl methyl sites for hydroxylation is 1. The Kier molecular flexibility index (Phi) is 3.96. The minimum Gasteiger partial charge on any atom is -0.325 e. The lowest BCUT2D eigenvalue weighted by atomic mass is 10.00. The summed E-state index contributed by atoms with van der Waals surface area (Å²) in [6.07, 6.45) is 1.82. The van der Waals surface area contributed by atoms with Crippen molar-refractivity contribution in [2.45, 2.75) is 6.54 Å². The second-order valence-corrected chi connectivity index (χ2v) is 6.88. The summed E-state index contributed by atoms with van der Waals surface area (Å²) in [4.78, 5) is 17.0. The molecule has 0 saturated carbocycles. The molecule has 0 amide bonds. The van der Waals surface area contributed by atoms with E-state index in [0.717, 1.165) is 38.8 Å². The first kappa shape index (κ1) is 17.3. The normalized spacial score (nSPS) is 11.4. The summed E-state index contributed by atoms with van der Waals surface area (Å²) in [5, 5.41) is 13.4. The van der Waals surface area contributed by atoms with E-state index in [1.54, 1.807) is 6.07 Å². The molecule has 0 unspecified atom stereocenters. The van der Waals surface area contributed by atoms with Gasteiger partial charge in [0, 0.05) is 29.9 Å². The number of benzene rings is 2. The van der Waals surface area contributed by atoms with Gasteiger partial charge < -0.3 is 5.73 Å². The minimum atomic E-state index is -0.230. The average molecular weight is 382 g/mol. The summed E-state index contributed by atoms with van der Waals surface area (Å²) < 4.78 is 1.82. The molecule has 5 aromatic rings. The summed E-state index contributed by atoms with van der Waals surface area (Å²) in [6.45, 7) is 0.239. The molecule has 3 heterocycles. The Hall–Kier alpha value is -3.84. The average Bonchev–Trinajstić information content (AvgIpc) is 3.15. The number of nitrogens with one attached hydrogen (secondary N) is 1. The number of para-hydroxylation sites is 1. The largest absolute Gasteiger partial charge is 0.325 e.